The van der Waals surface area contributed by atoms with Crippen molar-refractivity contribution < 1.29 is 13.2 Å². The van der Waals surface area contributed by atoms with Crippen LogP contribution >= 0.6 is 22.7 Å². The van der Waals surface area contributed by atoms with Crippen molar-refractivity contribution in [1.82, 2.24) is 4.72 Å². The molecule has 0 spiro atoms. The second-order valence-corrected chi connectivity index (χ2v) is 9.82. The molecule has 2 heterocycles. The van der Waals surface area contributed by atoms with Crippen LogP contribution in [0.15, 0.2) is 46.0 Å². The molecule has 3 rings (SSSR count). The molecule has 0 amide bonds. The van der Waals surface area contributed by atoms with E-state index in [-0.39, 0.29) is 12.3 Å². The Labute approximate surface area is 161 Å². The van der Waals surface area contributed by atoms with Crippen LogP contribution < -0.4 is 4.72 Å². The second kappa shape index (κ2) is 7.44. The number of rotatable bonds is 6. The molecule has 0 radical (unpaired) electrons. The Morgan fingerprint density at radius 2 is 1.77 bits per heavy atom. The van der Waals surface area contributed by atoms with E-state index in [0.717, 1.165) is 21.6 Å². The highest BCUT2D eigenvalue weighted by Crippen LogP contribution is 2.23. The summed E-state index contributed by atoms with van der Waals surface area (Å²) >= 11 is 2.79. The number of ketones is 1. The molecule has 7 heteroatoms. The van der Waals surface area contributed by atoms with Gasteiger partial charge in [-0.3, -0.25) is 4.79 Å². The molecule has 136 valence electrons. The highest BCUT2D eigenvalue weighted by molar-refractivity contribution is 7.89. The Bertz CT molecular complexity index is 1050. The van der Waals surface area contributed by atoms with Crippen molar-refractivity contribution in [3.63, 3.8) is 0 Å². The predicted octanol–water partition coefficient (Wildman–Crippen LogP) is 4.44. The molecule has 0 fully saturated rings. The lowest BCUT2D eigenvalue weighted by molar-refractivity contribution is 0.104. The van der Waals surface area contributed by atoms with Gasteiger partial charge in [-0.05, 0) is 67.1 Å². The van der Waals surface area contributed by atoms with Gasteiger partial charge in [0.1, 0.15) is 0 Å². The van der Waals surface area contributed by atoms with Crippen LogP contribution in [0.25, 0.3) is 0 Å². The molecule has 26 heavy (non-hydrogen) atoms. The van der Waals surface area contributed by atoms with Gasteiger partial charge in [0.25, 0.3) is 0 Å². The van der Waals surface area contributed by atoms with Crippen LogP contribution in [0.2, 0.25) is 0 Å². The molecule has 4 nitrogen and oxygen atoms in total. The fourth-order valence-electron chi connectivity index (χ4n) is 2.60. The minimum Gasteiger partial charge on any atom is -0.288 e. The van der Waals surface area contributed by atoms with Crippen molar-refractivity contribution in [1.29, 1.82) is 0 Å². The zero-order valence-corrected chi connectivity index (χ0v) is 17.1. The van der Waals surface area contributed by atoms with Gasteiger partial charge in [0.2, 0.25) is 15.8 Å². The fraction of sp³-hybridized carbons (Fsp3) is 0.211. The van der Waals surface area contributed by atoms with Crippen LogP contribution in [-0.2, 0) is 16.6 Å². The number of carbonyl (C=O) groups is 1. The minimum atomic E-state index is -3.61. The normalized spacial score (nSPS) is 11.7. The largest absolute Gasteiger partial charge is 0.288 e. The third kappa shape index (κ3) is 3.96. The van der Waals surface area contributed by atoms with Crippen LogP contribution in [0.3, 0.4) is 0 Å². The van der Waals surface area contributed by atoms with E-state index in [1.807, 2.05) is 30.7 Å². The molecule has 0 aliphatic carbocycles. The molecule has 1 aromatic carbocycles. The van der Waals surface area contributed by atoms with E-state index < -0.39 is 10.0 Å². The van der Waals surface area contributed by atoms with E-state index >= 15 is 0 Å². The van der Waals surface area contributed by atoms with Crippen molar-refractivity contribution in [2.45, 2.75) is 32.2 Å². The van der Waals surface area contributed by atoms with Gasteiger partial charge in [-0.15, -0.1) is 11.3 Å². The van der Waals surface area contributed by atoms with Gasteiger partial charge in [0.05, 0.1) is 9.77 Å². The first-order valence-electron chi connectivity index (χ1n) is 8.01. The molecular formula is C19H19NO3S3. The lowest BCUT2D eigenvalue weighted by atomic mass is 10.1. The van der Waals surface area contributed by atoms with E-state index in [9.17, 15) is 13.2 Å². The maximum Gasteiger partial charge on any atom is 0.241 e. The molecule has 0 aliphatic rings. The Hall–Kier alpha value is -1.80. The van der Waals surface area contributed by atoms with E-state index in [1.54, 1.807) is 31.2 Å². The number of hydrogen-bond acceptors (Lipinski definition) is 5. The molecule has 2 aromatic heterocycles. The minimum absolute atomic E-state index is 0.0321. The predicted molar refractivity (Wildman–Crippen MR) is 107 cm³/mol. The third-order valence-corrected chi connectivity index (χ3v) is 7.50. The Balaban J connectivity index is 1.75. The Morgan fingerprint density at radius 3 is 2.46 bits per heavy atom. The van der Waals surface area contributed by atoms with Gasteiger partial charge in [-0.25, -0.2) is 13.1 Å². The van der Waals surface area contributed by atoms with Gasteiger partial charge < -0.3 is 0 Å². The smallest absolute Gasteiger partial charge is 0.241 e. The summed E-state index contributed by atoms with van der Waals surface area (Å²) in [6.07, 6.45) is 0. The van der Waals surface area contributed by atoms with Crippen molar-refractivity contribution in [3.8, 4) is 0 Å². The number of carbonyl (C=O) groups excluding carboxylic acids is 1. The van der Waals surface area contributed by atoms with Gasteiger partial charge in [0.15, 0.2) is 0 Å². The number of thiophene rings is 2. The van der Waals surface area contributed by atoms with Crippen molar-refractivity contribution in [3.05, 3.63) is 73.1 Å². The fourth-order valence-corrected chi connectivity index (χ4v) is 5.55. The first-order valence-corrected chi connectivity index (χ1v) is 11.3. The van der Waals surface area contributed by atoms with Crippen molar-refractivity contribution in [2.75, 3.05) is 0 Å². The van der Waals surface area contributed by atoms with E-state index in [2.05, 4.69) is 4.72 Å². The van der Waals surface area contributed by atoms with Gasteiger partial charge in [0, 0.05) is 22.4 Å². The summed E-state index contributed by atoms with van der Waals surface area (Å²) in [6, 6.07) is 8.91. The van der Waals surface area contributed by atoms with Crippen molar-refractivity contribution in [2.24, 2.45) is 0 Å². The maximum absolute atomic E-state index is 12.6. The number of aryl methyl sites for hydroxylation is 3. The summed E-state index contributed by atoms with van der Waals surface area (Å²) in [7, 11) is -3.61. The Kier molecular flexibility index (Phi) is 5.43. The summed E-state index contributed by atoms with van der Waals surface area (Å²) in [6.45, 7) is 5.82. The average molecular weight is 406 g/mol. The van der Waals surface area contributed by atoms with Crippen LogP contribution in [0, 0.1) is 20.8 Å². The first kappa shape index (κ1) is 19.0. The molecule has 3 aromatic rings. The quantitative estimate of drug-likeness (QED) is 0.617. The number of hydrogen-bond donors (Lipinski definition) is 1. The van der Waals surface area contributed by atoms with Crippen LogP contribution in [0.4, 0.5) is 0 Å². The maximum atomic E-state index is 12.6. The lowest BCUT2D eigenvalue weighted by Gasteiger charge is -2.11. The number of benzene rings is 1. The van der Waals surface area contributed by atoms with Crippen LogP contribution in [0.5, 0.6) is 0 Å². The van der Waals surface area contributed by atoms with E-state index in [1.165, 1.54) is 22.7 Å². The highest BCUT2D eigenvalue weighted by atomic mass is 32.2. The van der Waals surface area contributed by atoms with Crippen LogP contribution in [0.1, 0.15) is 36.8 Å². The summed E-state index contributed by atoms with van der Waals surface area (Å²) in [4.78, 5) is 14.0. The molecule has 0 saturated carbocycles. The summed E-state index contributed by atoms with van der Waals surface area (Å²) in [5.74, 6) is -0.0321. The van der Waals surface area contributed by atoms with Gasteiger partial charge in [-0.1, -0.05) is 6.07 Å². The second-order valence-electron chi connectivity index (χ2n) is 6.13. The zero-order valence-electron chi connectivity index (χ0n) is 14.7. The highest BCUT2D eigenvalue weighted by Gasteiger charge is 2.19. The van der Waals surface area contributed by atoms with Crippen molar-refractivity contribution >= 4 is 38.5 Å². The van der Waals surface area contributed by atoms with E-state index in [0.29, 0.717) is 15.3 Å². The standard InChI is InChI=1S/C19H19NO3S3/c1-12-8-14(3)18(9-13(12)2)26(22,23)20-10-16-4-5-17(25-16)19(21)15-6-7-24-11-15/h4-9,11,20H,10H2,1-3H3. The summed E-state index contributed by atoms with van der Waals surface area (Å²) in [5.41, 5.74) is 3.39. The molecule has 1 N–H and O–H groups in total. The monoisotopic (exact) mass is 405 g/mol. The topological polar surface area (TPSA) is 63.2 Å². The molecule has 0 saturated heterocycles. The van der Waals surface area contributed by atoms with E-state index in [4.69, 9.17) is 0 Å². The molecule has 0 bridgehead atoms. The Morgan fingerprint density at radius 1 is 1.04 bits per heavy atom. The zero-order chi connectivity index (χ0) is 18.9. The molecule has 0 atom stereocenters. The molecule has 0 unspecified atom stereocenters. The molecular weight excluding hydrogens is 386 g/mol. The van der Waals surface area contributed by atoms with Gasteiger partial charge in [-0.2, -0.15) is 11.3 Å². The first-order chi connectivity index (χ1) is 12.3. The number of nitrogens with one attached hydrogen (secondary N) is 1. The van der Waals surface area contributed by atoms with Crippen LogP contribution in [-0.4, -0.2) is 14.2 Å². The molecule has 0 aliphatic heterocycles. The summed E-state index contributed by atoms with van der Waals surface area (Å²) in [5, 5.41) is 3.68. The lowest BCUT2D eigenvalue weighted by Crippen LogP contribution is -2.23. The average Bonchev–Trinajstić information content (AvgIpc) is 3.27. The summed E-state index contributed by atoms with van der Waals surface area (Å²) < 4.78 is 27.9. The van der Waals surface area contributed by atoms with Gasteiger partial charge >= 0.3 is 0 Å². The third-order valence-electron chi connectivity index (χ3n) is 4.19. The number of sulfonamides is 1. The SMILES string of the molecule is Cc1cc(C)c(S(=O)(=O)NCc2ccc(C(=O)c3ccsc3)s2)cc1C.